The molecular weight excluding hydrogens is 382 g/mol. The highest BCUT2D eigenvalue weighted by Crippen LogP contribution is 2.20. The second kappa shape index (κ2) is 10.8. The topological polar surface area (TPSA) is 129 Å². The Morgan fingerprint density at radius 1 is 1.10 bits per heavy atom. The lowest BCUT2D eigenvalue weighted by Gasteiger charge is -2.14. The van der Waals surface area contributed by atoms with Gasteiger partial charge in [-0.3, -0.25) is 14.8 Å². The third kappa shape index (κ3) is 5.87. The van der Waals surface area contributed by atoms with Crippen LogP contribution in [0.4, 0.5) is 0 Å². The van der Waals surface area contributed by atoms with Crippen LogP contribution in [0.15, 0.2) is 48.5 Å². The van der Waals surface area contributed by atoms with Crippen molar-refractivity contribution in [2.75, 3.05) is 19.6 Å². The molecule has 8 heteroatoms. The first-order valence-corrected chi connectivity index (χ1v) is 10.2. The highest BCUT2D eigenvalue weighted by Gasteiger charge is 2.19. The SMILES string of the molecule is NC[C@H](NC(=O)c1ccc(-c2ccc(CNC[C@H]3CCCN3)cc2)cc1)C(=O)NO. The molecule has 30 heavy (non-hydrogen) atoms. The van der Waals surface area contributed by atoms with E-state index in [4.69, 9.17) is 10.9 Å². The summed E-state index contributed by atoms with van der Waals surface area (Å²) in [6.45, 7) is 2.82. The van der Waals surface area contributed by atoms with Crippen LogP contribution in [0.25, 0.3) is 11.1 Å². The van der Waals surface area contributed by atoms with E-state index in [1.54, 1.807) is 12.1 Å². The van der Waals surface area contributed by atoms with Crippen molar-refractivity contribution in [1.29, 1.82) is 0 Å². The van der Waals surface area contributed by atoms with Gasteiger partial charge in [-0.1, -0.05) is 36.4 Å². The van der Waals surface area contributed by atoms with E-state index in [9.17, 15) is 9.59 Å². The maximum atomic E-state index is 12.3. The molecule has 3 rings (SSSR count). The van der Waals surface area contributed by atoms with Crippen LogP contribution in [0.2, 0.25) is 0 Å². The summed E-state index contributed by atoms with van der Waals surface area (Å²) in [5, 5.41) is 18.2. The first-order valence-electron chi connectivity index (χ1n) is 10.2. The molecule has 2 amide bonds. The van der Waals surface area contributed by atoms with Crippen LogP contribution in [0.1, 0.15) is 28.8 Å². The monoisotopic (exact) mass is 411 g/mol. The van der Waals surface area contributed by atoms with Crippen molar-refractivity contribution in [3.8, 4) is 11.1 Å². The van der Waals surface area contributed by atoms with Crippen molar-refractivity contribution < 1.29 is 14.8 Å². The third-order valence-corrected chi connectivity index (χ3v) is 5.28. The lowest BCUT2D eigenvalue weighted by Crippen LogP contribution is -2.50. The molecule has 160 valence electrons. The zero-order valence-electron chi connectivity index (χ0n) is 16.9. The average Bonchev–Trinajstić information content (AvgIpc) is 3.31. The maximum absolute atomic E-state index is 12.3. The van der Waals surface area contributed by atoms with Crippen LogP contribution in [0.5, 0.6) is 0 Å². The summed E-state index contributed by atoms with van der Waals surface area (Å²) >= 11 is 0. The third-order valence-electron chi connectivity index (χ3n) is 5.28. The minimum atomic E-state index is -0.993. The van der Waals surface area contributed by atoms with E-state index < -0.39 is 17.9 Å². The smallest absolute Gasteiger partial charge is 0.267 e. The lowest BCUT2D eigenvalue weighted by atomic mass is 10.0. The Kier molecular flexibility index (Phi) is 7.92. The summed E-state index contributed by atoms with van der Waals surface area (Å²) in [7, 11) is 0. The first-order chi connectivity index (χ1) is 14.6. The maximum Gasteiger partial charge on any atom is 0.267 e. The highest BCUT2D eigenvalue weighted by molar-refractivity contribution is 5.97. The number of carbonyl (C=O) groups excluding carboxylic acids is 2. The first kappa shape index (κ1) is 21.9. The Bertz CT molecular complexity index is 833. The van der Waals surface area contributed by atoms with Crippen molar-refractivity contribution in [3.63, 3.8) is 0 Å². The van der Waals surface area contributed by atoms with Gasteiger partial charge in [0.2, 0.25) is 0 Å². The predicted octanol–water partition coefficient (Wildman–Crippen LogP) is 0.758. The van der Waals surface area contributed by atoms with E-state index in [-0.39, 0.29) is 6.54 Å². The number of hydrogen-bond acceptors (Lipinski definition) is 6. The molecule has 0 radical (unpaired) electrons. The van der Waals surface area contributed by atoms with E-state index in [0.29, 0.717) is 11.6 Å². The van der Waals surface area contributed by atoms with Gasteiger partial charge in [-0.05, 0) is 48.2 Å². The molecule has 1 aliphatic heterocycles. The van der Waals surface area contributed by atoms with Gasteiger partial charge in [0.1, 0.15) is 6.04 Å². The van der Waals surface area contributed by atoms with Gasteiger partial charge in [0, 0.05) is 31.2 Å². The molecule has 7 N–H and O–H groups in total. The number of nitrogens with one attached hydrogen (secondary N) is 4. The molecule has 0 spiro atoms. The van der Waals surface area contributed by atoms with Gasteiger partial charge in [-0.25, -0.2) is 5.48 Å². The van der Waals surface area contributed by atoms with E-state index in [2.05, 4.69) is 40.2 Å². The lowest BCUT2D eigenvalue weighted by molar-refractivity contribution is -0.130. The minimum Gasteiger partial charge on any atom is -0.339 e. The molecule has 1 saturated heterocycles. The Balaban J connectivity index is 1.54. The van der Waals surface area contributed by atoms with Crippen LogP contribution in [-0.4, -0.2) is 48.7 Å². The van der Waals surface area contributed by atoms with Crippen LogP contribution in [0, 0.1) is 0 Å². The number of benzene rings is 2. The van der Waals surface area contributed by atoms with Crippen LogP contribution >= 0.6 is 0 Å². The zero-order valence-corrected chi connectivity index (χ0v) is 16.9. The van der Waals surface area contributed by atoms with Gasteiger partial charge in [-0.2, -0.15) is 0 Å². The normalized spacial score (nSPS) is 16.8. The van der Waals surface area contributed by atoms with Crippen molar-refractivity contribution >= 4 is 11.8 Å². The molecule has 1 heterocycles. The van der Waals surface area contributed by atoms with Gasteiger partial charge in [0.15, 0.2) is 0 Å². The second-order valence-corrected chi connectivity index (χ2v) is 7.44. The van der Waals surface area contributed by atoms with Gasteiger partial charge < -0.3 is 21.7 Å². The highest BCUT2D eigenvalue weighted by atomic mass is 16.5. The molecule has 8 nitrogen and oxygen atoms in total. The summed E-state index contributed by atoms with van der Waals surface area (Å²) in [6, 6.07) is 15.0. The second-order valence-electron chi connectivity index (χ2n) is 7.44. The van der Waals surface area contributed by atoms with Crippen LogP contribution < -0.4 is 27.2 Å². The Labute approximate surface area is 176 Å². The van der Waals surface area contributed by atoms with Crippen molar-refractivity contribution in [2.24, 2.45) is 5.73 Å². The Hall–Kier alpha value is -2.78. The molecule has 0 unspecified atom stereocenters. The number of hydrogen-bond donors (Lipinski definition) is 6. The Morgan fingerprint density at radius 2 is 1.77 bits per heavy atom. The van der Waals surface area contributed by atoms with Crippen LogP contribution in [-0.2, 0) is 11.3 Å². The molecule has 0 aromatic heterocycles. The van der Waals surface area contributed by atoms with Crippen molar-refractivity contribution in [1.82, 2.24) is 21.4 Å². The summed E-state index contributed by atoms with van der Waals surface area (Å²) in [6.07, 6.45) is 2.49. The van der Waals surface area contributed by atoms with E-state index in [0.717, 1.165) is 30.8 Å². The fourth-order valence-electron chi connectivity index (χ4n) is 3.50. The average molecular weight is 412 g/mol. The van der Waals surface area contributed by atoms with E-state index in [1.807, 2.05) is 12.1 Å². The van der Waals surface area contributed by atoms with Gasteiger partial charge in [0.05, 0.1) is 0 Å². The van der Waals surface area contributed by atoms with Crippen molar-refractivity contribution in [2.45, 2.75) is 31.5 Å². The summed E-state index contributed by atoms with van der Waals surface area (Å²) < 4.78 is 0. The fourth-order valence-corrected chi connectivity index (χ4v) is 3.50. The largest absolute Gasteiger partial charge is 0.339 e. The van der Waals surface area contributed by atoms with Crippen molar-refractivity contribution in [3.05, 3.63) is 59.7 Å². The molecular formula is C22H29N5O3. The molecule has 2 aromatic carbocycles. The standard InChI is InChI=1S/C22H29N5O3/c23-12-20(22(29)27-30)26-21(28)18-9-7-17(8-10-18)16-5-3-15(4-6-16)13-24-14-19-2-1-11-25-19/h3-10,19-20,24-25,30H,1-2,11-14,23H2,(H,26,28)(H,27,29)/t19-,20+/m1/s1. The summed E-state index contributed by atoms with van der Waals surface area (Å²) in [4.78, 5) is 23.7. The fraction of sp³-hybridized carbons (Fsp3) is 0.364. The Morgan fingerprint density at radius 3 is 2.33 bits per heavy atom. The molecule has 0 aliphatic carbocycles. The number of amides is 2. The molecule has 2 aromatic rings. The van der Waals surface area contributed by atoms with E-state index in [1.165, 1.54) is 23.9 Å². The number of rotatable bonds is 9. The number of carbonyl (C=O) groups is 2. The number of nitrogens with two attached hydrogens (primary N) is 1. The van der Waals surface area contributed by atoms with Gasteiger partial charge >= 0.3 is 0 Å². The molecule has 0 saturated carbocycles. The molecule has 0 bridgehead atoms. The minimum absolute atomic E-state index is 0.116. The molecule has 1 fully saturated rings. The van der Waals surface area contributed by atoms with Crippen LogP contribution in [0.3, 0.4) is 0 Å². The molecule has 1 aliphatic rings. The number of hydroxylamine groups is 1. The van der Waals surface area contributed by atoms with Gasteiger partial charge in [-0.15, -0.1) is 0 Å². The quantitative estimate of drug-likeness (QED) is 0.267. The summed E-state index contributed by atoms with van der Waals surface area (Å²) in [5.41, 5.74) is 10.6. The predicted molar refractivity (Wildman–Crippen MR) is 115 cm³/mol. The molecule has 2 atom stereocenters. The van der Waals surface area contributed by atoms with E-state index >= 15 is 0 Å². The zero-order chi connectivity index (χ0) is 21.3. The van der Waals surface area contributed by atoms with Gasteiger partial charge in [0.25, 0.3) is 11.8 Å². The summed E-state index contributed by atoms with van der Waals surface area (Å²) in [5.74, 6) is -1.18.